The summed E-state index contributed by atoms with van der Waals surface area (Å²) in [6.07, 6.45) is 3.26. The molecule has 0 spiro atoms. The van der Waals surface area contributed by atoms with E-state index in [0.717, 1.165) is 18.5 Å². The molecule has 0 saturated carbocycles. The van der Waals surface area contributed by atoms with Crippen molar-refractivity contribution in [2.24, 2.45) is 0 Å². The standard InChI is InChI=1S/C17H23N3O3S/c1-17(2,3)13-10-24-16-18-8-12(15(22)20(13)16)14(21)19-7-5-6-11(19)9-23-4/h8,10-11H,5-7,9H2,1-4H3. The van der Waals surface area contributed by atoms with Gasteiger partial charge in [-0.25, -0.2) is 4.98 Å². The lowest BCUT2D eigenvalue weighted by molar-refractivity contribution is 0.0628. The Bertz CT molecular complexity index is 819. The van der Waals surface area contributed by atoms with Crippen LogP contribution in [0.15, 0.2) is 16.4 Å². The van der Waals surface area contributed by atoms with Crippen molar-refractivity contribution < 1.29 is 9.53 Å². The molecule has 1 atom stereocenters. The van der Waals surface area contributed by atoms with Gasteiger partial charge in [-0.2, -0.15) is 0 Å². The summed E-state index contributed by atoms with van der Waals surface area (Å²) in [4.78, 5) is 32.6. The van der Waals surface area contributed by atoms with Crippen molar-refractivity contribution in [2.75, 3.05) is 20.3 Å². The van der Waals surface area contributed by atoms with Crippen LogP contribution < -0.4 is 5.56 Å². The zero-order chi connectivity index (χ0) is 17.5. The predicted molar refractivity (Wildman–Crippen MR) is 94.0 cm³/mol. The van der Waals surface area contributed by atoms with Gasteiger partial charge in [0.2, 0.25) is 0 Å². The monoisotopic (exact) mass is 349 g/mol. The first-order valence-corrected chi connectivity index (χ1v) is 9.02. The molecule has 130 valence electrons. The highest BCUT2D eigenvalue weighted by Gasteiger charge is 2.32. The molecule has 3 heterocycles. The molecule has 3 rings (SSSR count). The molecule has 1 saturated heterocycles. The van der Waals surface area contributed by atoms with Gasteiger partial charge in [-0.3, -0.25) is 14.0 Å². The summed E-state index contributed by atoms with van der Waals surface area (Å²) in [6, 6.07) is 0.0344. The minimum atomic E-state index is -0.278. The normalized spacial score (nSPS) is 18.5. The summed E-state index contributed by atoms with van der Waals surface area (Å²) in [5.41, 5.74) is 0.542. The van der Waals surface area contributed by atoms with Crippen LogP contribution in [-0.2, 0) is 10.2 Å². The molecule has 0 bridgehead atoms. The number of thiazole rings is 1. The summed E-state index contributed by atoms with van der Waals surface area (Å²) in [5, 5.41) is 1.95. The van der Waals surface area contributed by atoms with Crippen molar-refractivity contribution in [2.45, 2.75) is 45.1 Å². The van der Waals surface area contributed by atoms with E-state index in [-0.39, 0.29) is 28.5 Å². The van der Waals surface area contributed by atoms with E-state index in [1.54, 1.807) is 16.4 Å². The lowest BCUT2D eigenvalue weighted by atomic mass is 9.93. The number of carbonyl (C=O) groups excluding carboxylic acids is 1. The van der Waals surface area contributed by atoms with Crippen molar-refractivity contribution in [3.8, 4) is 0 Å². The minimum Gasteiger partial charge on any atom is -0.383 e. The number of fused-ring (bicyclic) bond motifs is 1. The fraction of sp³-hybridized carbons (Fsp3) is 0.588. The Hall–Kier alpha value is -1.73. The zero-order valence-corrected chi connectivity index (χ0v) is 15.4. The summed E-state index contributed by atoms with van der Waals surface area (Å²) in [6.45, 7) is 7.29. The third-order valence-electron chi connectivity index (χ3n) is 4.44. The van der Waals surface area contributed by atoms with E-state index in [9.17, 15) is 9.59 Å². The maximum Gasteiger partial charge on any atom is 0.271 e. The molecule has 0 N–H and O–H groups in total. The maximum atomic E-state index is 13.0. The Morgan fingerprint density at radius 2 is 2.21 bits per heavy atom. The average Bonchev–Trinajstić information content (AvgIpc) is 3.13. The van der Waals surface area contributed by atoms with Gasteiger partial charge in [-0.05, 0) is 12.8 Å². The van der Waals surface area contributed by atoms with Crippen LogP contribution in [0.5, 0.6) is 0 Å². The molecule has 6 nitrogen and oxygen atoms in total. The molecule has 1 aliphatic heterocycles. The van der Waals surface area contributed by atoms with Gasteiger partial charge in [-0.1, -0.05) is 20.8 Å². The fourth-order valence-electron chi connectivity index (χ4n) is 3.18. The lowest BCUT2D eigenvalue weighted by Crippen LogP contribution is -2.41. The number of carbonyl (C=O) groups is 1. The van der Waals surface area contributed by atoms with Gasteiger partial charge in [0.05, 0.1) is 12.6 Å². The van der Waals surface area contributed by atoms with E-state index in [4.69, 9.17) is 4.74 Å². The van der Waals surface area contributed by atoms with Crippen LogP contribution >= 0.6 is 11.3 Å². The van der Waals surface area contributed by atoms with E-state index < -0.39 is 0 Å². The molecule has 1 aliphatic rings. The molecule has 0 radical (unpaired) electrons. The Morgan fingerprint density at radius 1 is 1.46 bits per heavy atom. The highest BCUT2D eigenvalue weighted by Crippen LogP contribution is 2.26. The Labute approximate surface area is 145 Å². The van der Waals surface area contributed by atoms with Crippen molar-refractivity contribution in [1.29, 1.82) is 0 Å². The molecule has 2 aromatic heterocycles. The molecule has 7 heteroatoms. The third kappa shape index (κ3) is 2.86. The number of hydrogen-bond donors (Lipinski definition) is 0. The summed E-state index contributed by atoms with van der Waals surface area (Å²) in [7, 11) is 1.63. The van der Waals surface area contributed by atoms with E-state index in [1.165, 1.54) is 17.5 Å². The molecule has 1 amide bonds. The van der Waals surface area contributed by atoms with Crippen molar-refractivity contribution in [3.63, 3.8) is 0 Å². The van der Waals surface area contributed by atoms with Gasteiger partial charge in [0.25, 0.3) is 11.5 Å². The van der Waals surface area contributed by atoms with Crippen LogP contribution in [0.1, 0.15) is 49.7 Å². The van der Waals surface area contributed by atoms with Crippen molar-refractivity contribution >= 4 is 22.2 Å². The second-order valence-corrected chi connectivity index (χ2v) is 8.05. The van der Waals surface area contributed by atoms with Crippen molar-refractivity contribution in [1.82, 2.24) is 14.3 Å². The van der Waals surface area contributed by atoms with Gasteiger partial charge >= 0.3 is 0 Å². The van der Waals surface area contributed by atoms with Crippen LogP contribution in [-0.4, -0.2) is 46.5 Å². The van der Waals surface area contributed by atoms with Gasteiger partial charge < -0.3 is 9.64 Å². The number of likely N-dealkylation sites (tertiary alicyclic amines) is 1. The molecular weight excluding hydrogens is 326 g/mol. The van der Waals surface area contributed by atoms with E-state index in [1.807, 2.05) is 26.2 Å². The maximum absolute atomic E-state index is 13.0. The number of ether oxygens (including phenoxy) is 1. The molecular formula is C17H23N3O3S. The largest absolute Gasteiger partial charge is 0.383 e. The average molecular weight is 349 g/mol. The SMILES string of the molecule is COCC1CCCN1C(=O)c1cnc2scc(C(C)(C)C)n2c1=O. The third-order valence-corrected chi connectivity index (χ3v) is 5.28. The predicted octanol–water partition coefficient (Wildman–Crippen LogP) is 2.30. The van der Waals surface area contributed by atoms with E-state index in [2.05, 4.69) is 4.98 Å². The quantitative estimate of drug-likeness (QED) is 0.853. The van der Waals surface area contributed by atoms with Gasteiger partial charge in [-0.15, -0.1) is 11.3 Å². The van der Waals surface area contributed by atoms with Crippen LogP contribution in [0.2, 0.25) is 0 Å². The van der Waals surface area contributed by atoms with Crippen molar-refractivity contribution in [3.05, 3.63) is 33.2 Å². The second-order valence-electron chi connectivity index (χ2n) is 7.22. The zero-order valence-electron chi connectivity index (χ0n) is 14.5. The van der Waals surface area contributed by atoms with Crippen LogP contribution in [0.4, 0.5) is 0 Å². The molecule has 1 fully saturated rings. The molecule has 24 heavy (non-hydrogen) atoms. The fourth-order valence-corrected chi connectivity index (χ4v) is 4.26. The molecule has 1 unspecified atom stereocenters. The number of aromatic nitrogens is 2. The van der Waals surface area contributed by atoms with Crippen LogP contribution in [0.25, 0.3) is 4.96 Å². The lowest BCUT2D eigenvalue weighted by Gasteiger charge is -2.24. The smallest absolute Gasteiger partial charge is 0.271 e. The number of nitrogens with zero attached hydrogens (tertiary/aromatic N) is 3. The Morgan fingerprint density at radius 3 is 2.88 bits per heavy atom. The van der Waals surface area contributed by atoms with E-state index >= 15 is 0 Å². The highest BCUT2D eigenvalue weighted by atomic mass is 32.1. The number of amides is 1. The van der Waals surface area contributed by atoms with Crippen LogP contribution in [0.3, 0.4) is 0 Å². The van der Waals surface area contributed by atoms with Crippen LogP contribution in [0, 0.1) is 0 Å². The molecule has 0 aromatic carbocycles. The van der Waals surface area contributed by atoms with E-state index in [0.29, 0.717) is 18.1 Å². The number of methoxy groups -OCH3 is 1. The first-order valence-electron chi connectivity index (χ1n) is 8.14. The number of rotatable bonds is 3. The highest BCUT2D eigenvalue weighted by molar-refractivity contribution is 7.15. The Balaban J connectivity index is 2.06. The Kier molecular flexibility index (Phi) is 4.48. The van der Waals surface area contributed by atoms with Gasteiger partial charge in [0, 0.05) is 36.3 Å². The second kappa shape index (κ2) is 6.29. The number of hydrogen-bond acceptors (Lipinski definition) is 5. The summed E-state index contributed by atoms with van der Waals surface area (Å²) < 4.78 is 6.79. The van der Waals surface area contributed by atoms with Gasteiger partial charge in [0.1, 0.15) is 5.56 Å². The summed E-state index contributed by atoms with van der Waals surface area (Å²) >= 11 is 1.42. The molecule has 0 aliphatic carbocycles. The first kappa shape index (κ1) is 17.1. The summed E-state index contributed by atoms with van der Waals surface area (Å²) in [5.74, 6) is -0.243. The topological polar surface area (TPSA) is 63.9 Å². The first-order chi connectivity index (χ1) is 11.3. The molecule has 2 aromatic rings. The van der Waals surface area contributed by atoms with Gasteiger partial charge in [0.15, 0.2) is 4.96 Å². The minimum absolute atomic E-state index is 0.0344.